The fourth-order valence-corrected chi connectivity index (χ4v) is 1.40. The van der Waals surface area contributed by atoms with E-state index in [1.807, 2.05) is 4.90 Å². The monoisotopic (exact) mass is 175 g/mol. The summed E-state index contributed by atoms with van der Waals surface area (Å²) in [6.07, 6.45) is 0.720. The van der Waals surface area contributed by atoms with E-state index < -0.39 is 6.17 Å². The molecule has 1 atom stereocenters. The van der Waals surface area contributed by atoms with Crippen LogP contribution in [0.4, 0.5) is 4.39 Å². The predicted molar refractivity (Wildman–Crippen MR) is 44.0 cm³/mol. The number of nitrogens with zero attached hydrogens (tertiary/aromatic N) is 2. The molecule has 0 bridgehead atoms. The van der Waals surface area contributed by atoms with Crippen LogP contribution >= 0.6 is 0 Å². The number of alkyl halides is 1. The molecule has 0 aromatic carbocycles. The molecule has 1 aliphatic heterocycles. The number of halogens is 1. The Labute approximate surface area is 70.8 Å². The molecule has 0 spiro atoms. The summed E-state index contributed by atoms with van der Waals surface area (Å²) in [6, 6.07) is 0. The SMILES string of the molecule is NC(CN1CCC[C@@H](F)C1)=NO. The largest absolute Gasteiger partial charge is 0.409 e. The Balaban J connectivity index is 2.32. The van der Waals surface area contributed by atoms with Crippen molar-refractivity contribution in [3.8, 4) is 0 Å². The van der Waals surface area contributed by atoms with Crippen LogP contribution in [0.1, 0.15) is 12.8 Å². The van der Waals surface area contributed by atoms with E-state index in [0.717, 1.165) is 13.0 Å². The van der Waals surface area contributed by atoms with Gasteiger partial charge in [-0.25, -0.2) is 4.39 Å². The summed E-state index contributed by atoms with van der Waals surface area (Å²) in [5.41, 5.74) is 5.29. The number of nitrogens with two attached hydrogens (primary N) is 1. The number of hydrogen-bond donors (Lipinski definition) is 2. The van der Waals surface area contributed by atoms with Crippen LogP contribution in [0.15, 0.2) is 5.16 Å². The summed E-state index contributed by atoms with van der Waals surface area (Å²) < 4.78 is 12.8. The highest BCUT2D eigenvalue weighted by Gasteiger charge is 2.19. The van der Waals surface area contributed by atoms with Crippen LogP contribution in [-0.2, 0) is 0 Å². The molecule has 1 heterocycles. The van der Waals surface area contributed by atoms with Gasteiger partial charge in [-0.15, -0.1) is 0 Å². The lowest BCUT2D eigenvalue weighted by atomic mass is 10.1. The van der Waals surface area contributed by atoms with Gasteiger partial charge < -0.3 is 10.9 Å². The smallest absolute Gasteiger partial charge is 0.153 e. The van der Waals surface area contributed by atoms with Crippen LogP contribution in [0.25, 0.3) is 0 Å². The summed E-state index contributed by atoms with van der Waals surface area (Å²) in [5, 5.41) is 11.1. The van der Waals surface area contributed by atoms with E-state index in [1.54, 1.807) is 0 Å². The van der Waals surface area contributed by atoms with Crippen molar-refractivity contribution in [3.05, 3.63) is 0 Å². The number of oxime groups is 1. The van der Waals surface area contributed by atoms with E-state index in [1.165, 1.54) is 0 Å². The molecule has 0 saturated carbocycles. The highest BCUT2D eigenvalue weighted by molar-refractivity contribution is 5.81. The Morgan fingerprint density at radius 3 is 3.08 bits per heavy atom. The van der Waals surface area contributed by atoms with Crippen molar-refractivity contribution >= 4 is 5.84 Å². The second kappa shape index (κ2) is 4.25. The third kappa shape index (κ3) is 2.65. The maximum atomic E-state index is 12.8. The summed E-state index contributed by atoms with van der Waals surface area (Å²) in [7, 11) is 0. The minimum Gasteiger partial charge on any atom is -0.409 e. The zero-order valence-electron chi connectivity index (χ0n) is 6.91. The van der Waals surface area contributed by atoms with Gasteiger partial charge in [0.2, 0.25) is 0 Å². The van der Waals surface area contributed by atoms with Crippen molar-refractivity contribution in [3.63, 3.8) is 0 Å². The van der Waals surface area contributed by atoms with Crippen molar-refractivity contribution in [2.24, 2.45) is 10.9 Å². The van der Waals surface area contributed by atoms with E-state index in [9.17, 15) is 4.39 Å². The first-order valence-electron chi connectivity index (χ1n) is 4.05. The molecule has 1 rings (SSSR count). The fourth-order valence-electron chi connectivity index (χ4n) is 1.40. The molecule has 12 heavy (non-hydrogen) atoms. The Bertz CT molecular complexity index is 174. The molecule has 3 N–H and O–H groups in total. The molecule has 1 aliphatic rings. The summed E-state index contributed by atoms with van der Waals surface area (Å²) >= 11 is 0. The van der Waals surface area contributed by atoms with Gasteiger partial charge in [0.25, 0.3) is 0 Å². The molecule has 0 amide bonds. The lowest BCUT2D eigenvalue weighted by Crippen LogP contribution is -2.41. The standard InChI is InChI=1S/C7H14FN3O/c8-6-2-1-3-11(4-6)5-7(9)10-12/h6,12H,1-5H2,(H2,9,10)/t6-/m1/s1. The number of likely N-dealkylation sites (tertiary alicyclic amines) is 1. The van der Waals surface area contributed by atoms with Gasteiger partial charge in [0, 0.05) is 6.54 Å². The highest BCUT2D eigenvalue weighted by atomic mass is 19.1. The van der Waals surface area contributed by atoms with E-state index in [0.29, 0.717) is 19.5 Å². The van der Waals surface area contributed by atoms with Crippen LogP contribution in [0.2, 0.25) is 0 Å². The van der Waals surface area contributed by atoms with Gasteiger partial charge in [-0.2, -0.15) is 0 Å². The first-order chi connectivity index (χ1) is 5.72. The van der Waals surface area contributed by atoms with Crippen LogP contribution in [0.5, 0.6) is 0 Å². The van der Waals surface area contributed by atoms with E-state index in [4.69, 9.17) is 10.9 Å². The molecule has 1 fully saturated rings. The average Bonchev–Trinajstić information content (AvgIpc) is 2.04. The first kappa shape index (κ1) is 9.25. The van der Waals surface area contributed by atoms with Gasteiger partial charge in [0.05, 0.1) is 6.54 Å². The second-order valence-electron chi connectivity index (χ2n) is 3.07. The second-order valence-corrected chi connectivity index (χ2v) is 3.07. The van der Waals surface area contributed by atoms with Crippen LogP contribution in [-0.4, -0.2) is 41.7 Å². The molecule has 1 saturated heterocycles. The third-order valence-electron chi connectivity index (χ3n) is 1.96. The molecule has 0 aromatic rings. The first-order valence-corrected chi connectivity index (χ1v) is 4.05. The number of hydrogen-bond acceptors (Lipinski definition) is 3. The zero-order valence-corrected chi connectivity index (χ0v) is 6.91. The van der Waals surface area contributed by atoms with Crippen molar-refractivity contribution < 1.29 is 9.60 Å². The molecule has 0 aliphatic carbocycles. The maximum Gasteiger partial charge on any atom is 0.153 e. The van der Waals surface area contributed by atoms with Crippen molar-refractivity contribution in [2.45, 2.75) is 19.0 Å². The average molecular weight is 175 g/mol. The van der Waals surface area contributed by atoms with Crippen molar-refractivity contribution in [2.75, 3.05) is 19.6 Å². The van der Waals surface area contributed by atoms with Gasteiger partial charge >= 0.3 is 0 Å². The Morgan fingerprint density at radius 1 is 1.75 bits per heavy atom. The van der Waals surface area contributed by atoms with Gasteiger partial charge in [0.1, 0.15) is 6.17 Å². The van der Waals surface area contributed by atoms with Gasteiger partial charge in [-0.1, -0.05) is 5.16 Å². The lowest BCUT2D eigenvalue weighted by molar-refractivity contribution is 0.152. The maximum absolute atomic E-state index is 12.8. The molecular weight excluding hydrogens is 161 g/mol. The third-order valence-corrected chi connectivity index (χ3v) is 1.96. The van der Waals surface area contributed by atoms with E-state index in [2.05, 4.69) is 5.16 Å². The van der Waals surface area contributed by atoms with Gasteiger partial charge in [-0.3, -0.25) is 4.90 Å². The molecule has 0 unspecified atom stereocenters. The lowest BCUT2D eigenvalue weighted by Gasteiger charge is -2.27. The summed E-state index contributed by atoms with van der Waals surface area (Å²) in [5.74, 6) is 0.143. The molecule has 0 aromatic heterocycles. The fraction of sp³-hybridized carbons (Fsp3) is 0.857. The Hall–Kier alpha value is -0.840. The number of amidine groups is 1. The minimum absolute atomic E-state index is 0.143. The minimum atomic E-state index is -0.759. The number of rotatable bonds is 2. The van der Waals surface area contributed by atoms with Gasteiger partial charge in [-0.05, 0) is 19.4 Å². The molecular formula is C7H14FN3O. The van der Waals surface area contributed by atoms with E-state index >= 15 is 0 Å². The van der Waals surface area contributed by atoms with Crippen LogP contribution < -0.4 is 5.73 Å². The molecule has 70 valence electrons. The highest BCUT2D eigenvalue weighted by Crippen LogP contribution is 2.11. The predicted octanol–water partition coefficient (Wildman–Crippen LogP) is 0.167. The number of piperidine rings is 1. The molecule has 5 heteroatoms. The zero-order chi connectivity index (χ0) is 8.97. The van der Waals surface area contributed by atoms with Crippen molar-refractivity contribution in [1.29, 1.82) is 0 Å². The quantitative estimate of drug-likeness (QED) is 0.272. The van der Waals surface area contributed by atoms with Gasteiger partial charge in [0.15, 0.2) is 5.84 Å². The van der Waals surface area contributed by atoms with Crippen LogP contribution in [0.3, 0.4) is 0 Å². The Kier molecular flexibility index (Phi) is 3.28. The normalized spacial score (nSPS) is 27.4. The molecule has 0 radical (unpaired) electrons. The van der Waals surface area contributed by atoms with Crippen LogP contribution in [0, 0.1) is 0 Å². The van der Waals surface area contributed by atoms with Crippen molar-refractivity contribution in [1.82, 2.24) is 4.90 Å². The van der Waals surface area contributed by atoms with E-state index in [-0.39, 0.29) is 5.84 Å². The topological polar surface area (TPSA) is 61.8 Å². The molecule has 4 nitrogen and oxygen atoms in total. The summed E-state index contributed by atoms with van der Waals surface area (Å²) in [6.45, 7) is 1.59. The summed E-state index contributed by atoms with van der Waals surface area (Å²) in [4.78, 5) is 1.85. The Morgan fingerprint density at radius 2 is 2.50 bits per heavy atom.